The average Bonchev–Trinajstić information content (AvgIpc) is 3.17. The number of nitrogens with zero attached hydrogens (tertiary/aromatic N) is 4. The third kappa shape index (κ3) is 3.31. The number of carbonyl (C=O) groups excluding carboxylic acids is 1. The van der Waals surface area contributed by atoms with Gasteiger partial charge >= 0.3 is 0 Å². The number of amides is 1. The van der Waals surface area contributed by atoms with Crippen LogP contribution >= 0.6 is 12.4 Å². The molecule has 0 aliphatic carbocycles. The molecule has 5 rings (SSSR count). The van der Waals surface area contributed by atoms with Crippen LogP contribution in [0.2, 0.25) is 0 Å². The van der Waals surface area contributed by atoms with Gasteiger partial charge in [-0.3, -0.25) is 4.79 Å². The van der Waals surface area contributed by atoms with E-state index in [4.69, 9.17) is 9.47 Å². The summed E-state index contributed by atoms with van der Waals surface area (Å²) >= 11 is 0. The molecule has 0 radical (unpaired) electrons. The van der Waals surface area contributed by atoms with Gasteiger partial charge in [-0.15, -0.1) is 22.6 Å². The SMILES string of the molecule is Cl.O=C(c1cccc2c1OCCO2)N1CCC(c2nnc3n2CCNC3)CC1. The van der Waals surface area contributed by atoms with Gasteiger partial charge in [-0.2, -0.15) is 0 Å². The number of fused-ring (bicyclic) bond motifs is 2. The van der Waals surface area contributed by atoms with Crippen LogP contribution in [0.15, 0.2) is 18.2 Å². The van der Waals surface area contributed by atoms with Crippen molar-refractivity contribution in [2.45, 2.75) is 31.8 Å². The van der Waals surface area contributed by atoms with E-state index >= 15 is 0 Å². The Labute approximate surface area is 169 Å². The van der Waals surface area contributed by atoms with Crippen molar-refractivity contribution in [2.75, 3.05) is 32.8 Å². The molecule has 8 nitrogen and oxygen atoms in total. The van der Waals surface area contributed by atoms with Crippen molar-refractivity contribution in [1.29, 1.82) is 0 Å². The first-order valence-corrected chi connectivity index (χ1v) is 9.62. The van der Waals surface area contributed by atoms with Crippen LogP contribution in [0.25, 0.3) is 0 Å². The first-order chi connectivity index (χ1) is 13.3. The van der Waals surface area contributed by atoms with Crippen molar-refractivity contribution >= 4 is 18.3 Å². The minimum Gasteiger partial charge on any atom is -0.486 e. The van der Waals surface area contributed by atoms with Crippen LogP contribution in [0.5, 0.6) is 11.5 Å². The van der Waals surface area contributed by atoms with Crippen LogP contribution in [0.4, 0.5) is 0 Å². The molecule has 3 aliphatic rings. The number of likely N-dealkylation sites (tertiary alicyclic amines) is 1. The predicted octanol–water partition coefficient (Wildman–Crippen LogP) is 1.59. The minimum absolute atomic E-state index is 0. The molecule has 1 aromatic heterocycles. The summed E-state index contributed by atoms with van der Waals surface area (Å²) in [5.74, 6) is 3.71. The Morgan fingerprint density at radius 1 is 1.11 bits per heavy atom. The van der Waals surface area contributed by atoms with Crippen LogP contribution < -0.4 is 14.8 Å². The number of ether oxygens (including phenoxy) is 2. The predicted molar refractivity (Wildman–Crippen MR) is 104 cm³/mol. The second kappa shape index (κ2) is 7.97. The van der Waals surface area contributed by atoms with Gasteiger partial charge in [0, 0.05) is 32.1 Å². The molecule has 4 heterocycles. The van der Waals surface area contributed by atoms with Crippen LogP contribution in [0.3, 0.4) is 0 Å². The summed E-state index contributed by atoms with van der Waals surface area (Å²) in [7, 11) is 0. The zero-order chi connectivity index (χ0) is 18.2. The Morgan fingerprint density at radius 3 is 2.79 bits per heavy atom. The molecule has 28 heavy (non-hydrogen) atoms. The lowest BCUT2D eigenvalue weighted by Crippen LogP contribution is -2.39. The number of piperidine rings is 1. The number of rotatable bonds is 2. The largest absolute Gasteiger partial charge is 0.486 e. The average molecular weight is 406 g/mol. The van der Waals surface area contributed by atoms with Gasteiger partial charge in [0.05, 0.1) is 12.1 Å². The molecule has 0 atom stereocenters. The van der Waals surface area contributed by atoms with Crippen molar-refractivity contribution in [2.24, 2.45) is 0 Å². The van der Waals surface area contributed by atoms with E-state index < -0.39 is 0 Å². The fourth-order valence-electron chi connectivity index (χ4n) is 4.17. The molecule has 1 fully saturated rings. The van der Waals surface area contributed by atoms with Crippen LogP contribution in [-0.4, -0.2) is 58.4 Å². The minimum atomic E-state index is 0. The van der Waals surface area contributed by atoms with Gasteiger partial charge < -0.3 is 24.3 Å². The molecule has 1 N–H and O–H groups in total. The van der Waals surface area contributed by atoms with E-state index in [2.05, 4.69) is 20.1 Å². The molecule has 1 saturated heterocycles. The number of aromatic nitrogens is 3. The molecule has 9 heteroatoms. The summed E-state index contributed by atoms with van der Waals surface area (Å²) in [5, 5.41) is 12.1. The van der Waals surface area contributed by atoms with Gasteiger partial charge in [0.15, 0.2) is 11.5 Å². The van der Waals surface area contributed by atoms with Gasteiger partial charge in [-0.25, -0.2) is 0 Å². The van der Waals surface area contributed by atoms with Gasteiger partial charge in [0.1, 0.15) is 24.9 Å². The monoisotopic (exact) mass is 405 g/mol. The highest BCUT2D eigenvalue weighted by Crippen LogP contribution is 2.35. The lowest BCUT2D eigenvalue weighted by Gasteiger charge is -2.33. The highest BCUT2D eigenvalue weighted by atomic mass is 35.5. The maximum atomic E-state index is 13.0. The number of para-hydroxylation sites is 1. The van der Waals surface area contributed by atoms with Crippen LogP contribution in [-0.2, 0) is 13.1 Å². The van der Waals surface area contributed by atoms with Crippen LogP contribution in [0, 0.1) is 0 Å². The number of hydrogen-bond acceptors (Lipinski definition) is 6. The Kier molecular flexibility index (Phi) is 5.41. The van der Waals surface area contributed by atoms with Crippen molar-refractivity contribution in [3.05, 3.63) is 35.4 Å². The Balaban J connectivity index is 0.00000192. The van der Waals surface area contributed by atoms with Gasteiger partial charge in [-0.1, -0.05) is 6.07 Å². The van der Waals surface area contributed by atoms with Gasteiger partial charge in [-0.05, 0) is 25.0 Å². The molecular weight excluding hydrogens is 382 g/mol. The fourth-order valence-corrected chi connectivity index (χ4v) is 4.17. The number of benzene rings is 1. The normalized spacial score (nSPS) is 18.9. The van der Waals surface area contributed by atoms with Crippen molar-refractivity contribution in [1.82, 2.24) is 25.0 Å². The highest BCUT2D eigenvalue weighted by molar-refractivity contribution is 5.98. The molecule has 0 bridgehead atoms. The third-order valence-electron chi connectivity index (χ3n) is 5.60. The Hall–Kier alpha value is -2.32. The summed E-state index contributed by atoms with van der Waals surface area (Å²) < 4.78 is 13.6. The summed E-state index contributed by atoms with van der Waals surface area (Å²) in [6, 6.07) is 5.52. The third-order valence-corrected chi connectivity index (χ3v) is 5.60. The fraction of sp³-hybridized carbons (Fsp3) is 0.526. The number of nitrogens with one attached hydrogen (secondary N) is 1. The molecule has 0 saturated carbocycles. The van der Waals surface area contributed by atoms with E-state index in [9.17, 15) is 4.79 Å². The maximum absolute atomic E-state index is 13.0. The molecule has 0 unspecified atom stereocenters. The summed E-state index contributed by atoms with van der Waals surface area (Å²) in [5.41, 5.74) is 0.594. The molecule has 1 amide bonds. The molecule has 1 aromatic carbocycles. The summed E-state index contributed by atoms with van der Waals surface area (Å²) in [4.78, 5) is 15.0. The molecular formula is C19H24ClN5O3. The van der Waals surface area contributed by atoms with Crippen molar-refractivity contribution in [3.8, 4) is 11.5 Å². The quantitative estimate of drug-likeness (QED) is 0.817. The molecule has 0 spiro atoms. The van der Waals surface area contributed by atoms with E-state index in [1.807, 2.05) is 23.1 Å². The second-order valence-electron chi connectivity index (χ2n) is 7.20. The zero-order valence-corrected chi connectivity index (χ0v) is 16.4. The number of hydrogen-bond donors (Lipinski definition) is 1. The van der Waals surface area contributed by atoms with E-state index in [1.54, 1.807) is 0 Å². The van der Waals surface area contributed by atoms with E-state index in [0.717, 1.165) is 44.1 Å². The topological polar surface area (TPSA) is 81.5 Å². The van der Waals surface area contributed by atoms with Crippen LogP contribution in [0.1, 0.15) is 40.8 Å². The van der Waals surface area contributed by atoms with E-state index in [0.29, 0.717) is 49.3 Å². The Bertz CT molecular complexity index is 863. The number of halogens is 1. The standard InChI is InChI=1S/C19H23N5O3.ClH/c25-19(14-2-1-3-15-17(14)27-11-10-26-15)23-7-4-13(5-8-23)18-22-21-16-12-20-6-9-24(16)18;/h1-3,13,20H,4-12H2;1H. The lowest BCUT2D eigenvalue weighted by atomic mass is 9.95. The number of carbonyl (C=O) groups is 1. The molecule has 3 aliphatic heterocycles. The summed E-state index contributed by atoms with van der Waals surface area (Å²) in [6.07, 6.45) is 1.81. The maximum Gasteiger partial charge on any atom is 0.257 e. The van der Waals surface area contributed by atoms with Gasteiger partial charge in [0.25, 0.3) is 5.91 Å². The van der Waals surface area contributed by atoms with E-state index in [1.165, 1.54) is 0 Å². The smallest absolute Gasteiger partial charge is 0.257 e. The van der Waals surface area contributed by atoms with Crippen molar-refractivity contribution in [3.63, 3.8) is 0 Å². The highest BCUT2D eigenvalue weighted by Gasteiger charge is 2.31. The zero-order valence-electron chi connectivity index (χ0n) is 15.6. The summed E-state index contributed by atoms with van der Waals surface area (Å²) in [6.45, 7) is 5.09. The first-order valence-electron chi connectivity index (χ1n) is 9.62. The molecule has 150 valence electrons. The molecule has 2 aromatic rings. The van der Waals surface area contributed by atoms with Crippen molar-refractivity contribution < 1.29 is 14.3 Å². The lowest BCUT2D eigenvalue weighted by molar-refractivity contribution is 0.0700. The van der Waals surface area contributed by atoms with E-state index in [-0.39, 0.29) is 18.3 Å². The Morgan fingerprint density at radius 2 is 1.93 bits per heavy atom. The first kappa shape index (κ1) is 19.0. The van der Waals surface area contributed by atoms with Gasteiger partial charge in [0.2, 0.25) is 0 Å². The second-order valence-corrected chi connectivity index (χ2v) is 7.20.